The number of aromatic nitrogens is 3. The molecule has 7 heteroatoms. The van der Waals surface area contributed by atoms with Crippen molar-refractivity contribution in [3.8, 4) is 0 Å². The lowest BCUT2D eigenvalue weighted by atomic mass is 10.1. The van der Waals surface area contributed by atoms with Crippen molar-refractivity contribution in [3.63, 3.8) is 0 Å². The Morgan fingerprint density at radius 3 is 2.59 bits per heavy atom. The quantitative estimate of drug-likeness (QED) is 0.385. The van der Waals surface area contributed by atoms with E-state index in [1.54, 1.807) is 30.1 Å². The number of carbonyl (C=O) groups excluding carboxylic acids is 1. The van der Waals surface area contributed by atoms with E-state index in [1.165, 1.54) is 6.07 Å². The molecule has 1 fully saturated rings. The highest BCUT2D eigenvalue weighted by Crippen LogP contribution is 2.27. The highest BCUT2D eigenvalue weighted by molar-refractivity contribution is 7.98. The number of likely N-dealkylation sites (tertiary alicyclic amines) is 1. The van der Waals surface area contributed by atoms with Gasteiger partial charge >= 0.3 is 0 Å². The molecule has 1 aliphatic heterocycles. The minimum absolute atomic E-state index is 0.107. The summed E-state index contributed by atoms with van der Waals surface area (Å²) in [7, 11) is 0. The molecule has 0 unspecified atom stereocenters. The standard InChI is InChI=1S/C25H23FN4OS/c26-21-6-3-5-19(15-21)17-32-25-28-22-7-4-12-27-23(22)30(25)16-18-8-10-20(11-9-18)24(31)29-13-1-2-14-29/h3-12,15H,1-2,13-14,16-17H2. The third-order valence-electron chi connectivity index (χ3n) is 5.66. The van der Waals surface area contributed by atoms with Crippen molar-refractivity contribution in [3.05, 3.63) is 89.4 Å². The normalized spacial score (nSPS) is 13.7. The van der Waals surface area contributed by atoms with E-state index in [1.807, 2.05) is 47.4 Å². The van der Waals surface area contributed by atoms with E-state index in [2.05, 4.69) is 9.55 Å². The molecule has 0 spiro atoms. The van der Waals surface area contributed by atoms with Crippen LogP contribution in [0.1, 0.15) is 34.3 Å². The van der Waals surface area contributed by atoms with Gasteiger partial charge in [-0.25, -0.2) is 14.4 Å². The lowest BCUT2D eigenvalue weighted by molar-refractivity contribution is 0.0793. The smallest absolute Gasteiger partial charge is 0.253 e. The number of carbonyl (C=O) groups is 1. The maximum Gasteiger partial charge on any atom is 0.253 e. The topological polar surface area (TPSA) is 51.0 Å². The Hall–Kier alpha value is -3.19. The van der Waals surface area contributed by atoms with Crippen molar-refractivity contribution in [2.75, 3.05) is 13.1 Å². The Labute approximate surface area is 190 Å². The number of halogens is 1. The summed E-state index contributed by atoms with van der Waals surface area (Å²) in [5.41, 5.74) is 4.35. The number of imidazole rings is 1. The number of fused-ring (bicyclic) bond motifs is 1. The van der Waals surface area contributed by atoms with Gasteiger partial charge in [0.15, 0.2) is 10.8 Å². The second-order valence-corrected chi connectivity index (χ2v) is 8.88. The van der Waals surface area contributed by atoms with Crippen LogP contribution in [0.15, 0.2) is 72.0 Å². The van der Waals surface area contributed by atoms with Gasteiger partial charge in [-0.05, 0) is 60.4 Å². The molecule has 2 aromatic carbocycles. The molecule has 4 aromatic rings. The number of hydrogen-bond donors (Lipinski definition) is 0. The minimum Gasteiger partial charge on any atom is -0.339 e. The number of nitrogens with zero attached hydrogens (tertiary/aromatic N) is 4. The number of amides is 1. The lowest BCUT2D eigenvalue weighted by Crippen LogP contribution is -2.27. The molecule has 0 aliphatic carbocycles. The Morgan fingerprint density at radius 2 is 1.81 bits per heavy atom. The minimum atomic E-state index is -0.234. The summed E-state index contributed by atoms with van der Waals surface area (Å²) in [6.45, 7) is 2.29. The van der Waals surface area contributed by atoms with Crippen LogP contribution < -0.4 is 0 Å². The summed E-state index contributed by atoms with van der Waals surface area (Å²) in [6.07, 6.45) is 3.93. The summed E-state index contributed by atoms with van der Waals surface area (Å²) in [6, 6.07) is 18.3. The molecule has 32 heavy (non-hydrogen) atoms. The van der Waals surface area contributed by atoms with Crippen molar-refractivity contribution in [1.82, 2.24) is 19.4 Å². The van der Waals surface area contributed by atoms with Gasteiger partial charge in [0.05, 0.1) is 6.54 Å². The fraction of sp³-hybridized carbons (Fsp3) is 0.240. The SMILES string of the molecule is O=C(c1ccc(Cn2c(SCc3cccc(F)c3)nc3cccnc32)cc1)N1CCCC1. The summed E-state index contributed by atoms with van der Waals surface area (Å²) >= 11 is 1.56. The molecule has 3 heterocycles. The Morgan fingerprint density at radius 1 is 1.00 bits per heavy atom. The monoisotopic (exact) mass is 446 g/mol. The molecule has 0 N–H and O–H groups in total. The van der Waals surface area contributed by atoms with Crippen LogP contribution in [0.2, 0.25) is 0 Å². The van der Waals surface area contributed by atoms with Gasteiger partial charge in [0, 0.05) is 30.6 Å². The number of rotatable bonds is 6. The van der Waals surface area contributed by atoms with Crippen LogP contribution in [0.25, 0.3) is 11.2 Å². The van der Waals surface area contributed by atoms with Crippen LogP contribution in [-0.2, 0) is 12.3 Å². The fourth-order valence-electron chi connectivity index (χ4n) is 4.00. The summed E-state index contributed by atoms with van der Waals surface area (Å²) in [4.78, 5) is 23.8. The van der Waals surface area contributed by atoms with Crippen LogP contribution in [0.4, 0.5) is 4.39 Å². The van der Waals surface area contributed by atoms with Gasteiger partial charge in [-0.1, -0.05) is 36.0 Å². The largest absolute Gasteiger partial charge is 0.339 e. The highest BCUT2D eigenvalue weighted by atomic mass is 32.2. The highest BCUT2D eigenvalue weighted by Gasteiger charge is 2.19. The molecule has 2 aromatic heterocycles. The fourth-order valence-corrected chi connectivity index (χ4v) is 4.95. The zero-order valence-electron chi connectivity index (χ0n) is 17.6. The molecule has 162 valence electrons. The summed E-state index contributed by atoms with van der Waals surface area (Å²) in [5.74, 6) is 0.488. The van der Waals surface area contributed by atoms with Gasteiger partial charge in [-0.3, -0.25) is 9.36 Å². The van der Waals surface area contributed by atoms with Gasteiger partial charge in [0.25, 0.3) is 5.91 Å². The molecule has 1 aliphatic rings. The van der Waals surface area contributed by atoms with Crippen molar-refractivity contribution in [2.24, 2.45) is 0 Å². The molecule has 0 atom stereocenters. The van der Waals surface area contributed by atoms with Gasteiger partial charge < -0.3 is 4.90 Å². The van der Waals surface area contributed by atoms with Crippen LogP contribution in [0.3, 0.4) is 0 Å². The summed E-state index contributed by atoms with van der Waals surface area (Å²) in [5, 5.41) is 0.834. The Bertz CT molecular complexity index is 1250. The van der Waals surface area contributed by atoms with Gasteiger partial charge in [0.1, 0.15) is 11.3 Å². The molecule has 1 saturated heterocycles. The number of benzene rings is 2. The second kappa shape index (κ2) is 9.12. The van der Waals surface area contributed by atoms with E-state index >= 15 is 0 Å². The maximum atomic E-state index is 13.5. The number of pyridine rings is 1. The molecule has 0 saturated carbocycles. The van der Waals surface area contributed by atoms with Crippen molar-refractivity contribution in [1.29, 1.82) is 0 Å². The van der Waals surface area contributed by atoms with E-state index in [0.29, 0.717) is 12.3 Å². The number of hydrogen-bond acceptors (Lipinski definition) is 4. The Kier molecular flexibility index (Phi) is 5.90. The Balaban J connectivity index is 1.38. The molecule has 1 amide bonds. The van der Waals surface area contributed by atoms with E-state index in [-0.39, 0.29) is 11.7 Å². The third-order valence-corrected chi connectivity index (χ3v) is 6.71. The van der Waals surface area contributed by atoms with Crippen LogP contribution in [0.5, 0.6) is 0 Å². The zero-order chi connectivity index (χ0) is 21.9. The van der Waals surface area contributed by atoms with Crippen molar-refractivity contribution < 1.29 is 9.18 Å². The zero-order valence-corrected chi connectivity index (χ0v) is 18.4. The van der Waals surface area contributed by atoms with Crippen LogP contribution in [0, 0.1) is 5.82 Å². The molecule has 5 nitrogen and oxygen atoms in total. The van der Waals surface area contributed by atoms with E-state index in [4.69, 9.17) is 4.98 Å². The predicted molar refractivity (Wildman–Crippen MR) is 124 cm³/mol. The van der Waals surface area contributed by atoms with Gasteiger partial charge in [-0.2, -0.15) is 0 Å². The van der Waals surface area contributed by atoms with Crippen molar-refractivity contribution >= 4 is 28.8 Å². The first-order valence-electron chi connectivity index (χ1n) is 10.7. The van der Waals surface area contributed by atoms with Crippen LogP contribution >= 0.6 is 11.8 Å². The number of thioether (sulfide) groups is 1. The van der Waals surface area contributed by atoms with Gasteiger partial charge in [-0.15, -0.1) is 0 Å². The third kappa shape index (κ3) is 4.39. The van der Waals surface area contributed by atoms with E-state index in [9.17, 15) is 9.18 Å². The van der Waals surface area contributed by atoms with Crippen molar-refractivity contribution in [2.45, 2.75) is 30.3 Å². The summed E-state index contributed by atoms with van der Waals surface area (Å²) < 4.78 is 15.6. The molecule has 5 rings (SSSR count). The first-order valence-corrected chi connectivity index (χ1v) is 11.7. The average molecular weight is 447 g/mol. The van der Waals surface area contributed by atoms with E-state index in [0.717, 1.165) is 58.9 Å². The maximum absolute atomic E-state index is 13.5. The van der Waals surface area contributed by atoms with Gasteiger partial charge in [0.2, 0.25) is 0 Å². The molecular formula is C25H23FN4OS. The van der Waals surface area contributed by atoms with E-state index < -0.39 is 0 Å². The van der Waals surface area contributed by atoms with Crippen LogP contribution in [-0.4, -0.2) is 38.4 Å². The molecular weight excluding hydrogens is 423 g/mol. The predicted octanol–water partition coefficient (Wildman–Crippen LogP) is 5.15. The first kappa shape index (κ1) is 20.7. The molecule has 0 radical (unpaired) electrons. The first-order chi connectivity index (χ1) is 15.7. The second-order valence-electron chi connectivity index (χ2n) is 7.94. The molecule has 0 bridgehead atoms. The lowest BCUT2D eigenvalue weighted by Gasteiger charge is -2.15. The average Bonchev–Trinajstić information content (AvgIpc) is 3.47.